The van der Waals surface area contributed by atoms with Crippen molar-refractivity contribution in [2.75, 3.05) is 24.5 Å². The number of aromatic nitrogens is 2. The maximum Gasteiger partial charge on any atom is 0.223 e. The molecular weight excluding hydrogens is 344 g/mol. The number of carbonyl (C=O) groups excluding carboxylic acids is 1. The normalized spacial score (nSPS) is 15.4. The molecule has 1 aliphatic heterocycles. The molecule has 0 unspecified atom stereocenters. The predicted molar refractivity (Wildman–Crippen MR) is 107 cm³/mol. The average molecular weight is 373 g/mol. The Bertz CT molecular complexity index is 693. The van der Waals surface area contributed by atoms with E-state index < -0.39 is 0 Å². The lowest BCUT2D eigenvalue weighted by molar-refractivity contribution is -0.125. The molecule has 26 heavy (non-hydrogen) atoms. The highest BCUT2D eigenvalue weighted by molar-refractivity contribution is 7.09. The van der Waals surface area contributed by atoms with Crippen LogP contribution in [0.1, 0.15) is 44.5 Å². The minimum Gasteiger partial charge on any atom is -0.356 e. The van der Waals surface area contributed by atoms with Crippen LogP contribution in [0.5, 0.6) is 0 Å². The van der Waals surface area contributed by atoms with Gasteiger partial charge >= 0.3 is 0 Å². The topological polar surface area (TPSA) is 58.1 Å². The van der Waals surface area contributed by atoms with Crippen LogP contribution in [-0.4, -0.2) is 34.9 Å². The molecule has 1 saturated heterocycles. The van der Waals surface area contributed by atoms with Gasteiger partial charge in [0.15, 0.2) is 0 Å². The van der Waals surface area contributed by atoms with Crippen LogP contribution in [0.2, 0.25) is 0 Å². The zero-order chi connectivity index (χ0) is 18.4. The standard InChI is InChI=1S/C20H28N4OS/c1-15(2)8-11-21-19(25)17-9-12-24(13-10-17)20-22-18(23-26-20)14-16-6-4-3-5-7-16/h3-7,15,17H,8-14H2,1-2H3,(H,21,25). The summed E-state index contributed by atoms with van der Waals surface area (Å²) >= 11 is 1.47. The molecule has 0 radical (unpaired) electrons. The van der Waals surface area contributed by atoms with Crippen LogP contribution < -0.4 is 10.2 Å². The van der Waals surface area contributed by atoms with Crippen molar-refractivity contribution in [1.29, 1.82) is 0 Å². The number of piperidine rings is 1. The first-order chi connectivity index (χ1) is 12.6. The molecule has 140 valence electrons. The van der Waals surface area contributed by atoms with Gasteiger partial charge in [-0.25, -0.2) is 4.98 Å². The Kier molecular flexibility index (Phi) is 6.61. The van der Waals surface area contributed by atoms with Gasteiger partial charge in [-0.15, -0.1) is 0 Å². The van der Waals surface area contributed by atoms with Gasteiger partial charge in [0, 0.05) is 43.5 Å². The number of nitrogens with one attached hydrogen (secondary N) is 1. The van der Waals surface area contributed by atoms with E-state index in [1.165, 1.54) is 17.1 Å². The van der Waals surface area contributed by atoms with Crippen molar-refractivity contribution in [2.45, 2.75) is 39.5 Å². The largest absolute Gasteiger partial charge is 0.356 e. The smallest absolute Gasteiger partial charge is 0.223 e. The van der Waals surface area contributed by atoms with E-state index in [0.29, 0.717) is 5.92 Å². The fraction of sp³-hybridized carbons (Fsp3) is 0.550. The molecule has 0 bridgehead atoms. The maximum atomic E-state index is 12.3. The zero-order valence-electron chi connectivity index (χ0n) is 15.6. The van der Waals surface area contributed by atoms with Gasteiger partial charge in [0.1, 0.15) is 5.82 Å². The summed E-state index contributed by atoms with van der Waals surface area (Å²) < 4.78 is 4.51. The fourth-order valence-corrected chi connectivity index (χ4v) is 3.92. The van der Waals surface area contributed by atoms with Crippen molar-refractivity contribution in [1.82, 2.24) is 14.7 Å². The van der Waals surface area contributed by atoms with E-state index in [0.717, 1.165) is 56.3 Å². The number of benzene rings is 1. The second kappa shape index (κ2) is 9.12. The highest BCUT2D eigenvalue weighted by atomic mass is 32.1. The molecule has 2 heterocycles. The van der Waals surface area contributed by atoms with Crippen LogP contribution in [0, 0.1) is 11.8 Å². The highest BCUT2D eigenvalue weighted by Gasteiger charge is 2.26. The Morgan fingerprint density at radius 1 is 1.27 bits per heavy atom. The molecule has 1 aromatic carbocycles. The summed E-state index contributed by atoms with van der Waals surface area (Å²) in [5, 5.41) is 4.07. The van der Waals surface area contributed by atoms with Gasteiger partial charge in [0.25, 0.3) is 0 Å². The van der Waals surface area contributed by atoms with Crippen LogP contribution in [-0.2, 0) is 11.2 Å². The van der Waals surface area contributed by atoms with Crippen LogP contribution in [0.4, 0.5) is 5.13 Å². The summed E-state index contributed by atoms with van der Waals surface area (Å²) in [5.74, 6) is 1.85. The van der Waals surface area contributed by atoms with Crippen LogP contribution in [0.15, 0.2) is 30.3 Å². The average Bonchev–Trinajstić information content (AvgIpc) is 3.11. The number of rotatable bonds is 7. The lowest BCUT2D eigenvalue weighted by Crippen LogP contribution is -2.41. The summed E-state index contributed by atoms with van der Waals surface area (Å²) in [6, 6.07) is 10.3. The Hall–Kier alpha value is -1.95. The van der Waals surface area contributed by atoms with E-state index in [1.54, 1.807) is 0 Å². The molecule has 1 amide bonds. The molecule has 5 nitrogen and oxygen atoms in total. The van der Waals surface area contributed by atoms with Crippen molar-refractivity contribution in [2.24, 2.45) is 11.8 Å². The molecule has 2 aromatic rings. The Morgan fingerprint density at radius 2 is 2.00 bits per heavy atom. The third kappa shape index (κ3) is 5.27. The molecule has 0 atom stereocenters. The lowest BCUT2D eigenvalue weighted by atomic mass is 9.96. The molecule has 6 heteroatoms. The number of anilines is 1. The summed E-state index contributed by atoms with van der Waals surface area (Å²) in [6.45, 7) is 6.90. The number of hydrogen-bond donors (Lipinski definition) is 1. The molecule has 1 aliphatic rings. The van der Waals surface area contributed by atoms with E-state index >= 15 is 0 Å². The fourth-order valence-electron chi connectivity index (χ4n) is 3.18. The summed E-state index contributed by atoms with van der Waals surface area (Å²) in [5.41, 5.74) is 1.23. The zero-order valence-corrected chi connectivity index (χ0v) is 16.5. The molecule has 0 aliphatic carbocycles. The minimum atomic E-state index is 0.134. The van der Waals surface area contributed by atoms with E-state index in [2.05, 4.69) is 40.6 Å². The molecule has 0 saturated carbocycles. The van der Waals surface area contributed by atoms with Gasteiger partial charge in [-0.3, -0.25) is 4.79 Å². The monoisotopic (exact) mass is 372 g/mol. The predicted octanol–water partition coefficient (Wildman–Crippen LogP) is 3.51. The van der Waals surface area contributed by atoms with Crippen molar-refractivity contribution >= 4 is 22.6 Å². The van der Waals surface area contributed by atoms with E-state index in [4.69, 9.17) is 4.98 Å². The number of nitrogens with zero attached hydrogens (tertiary/aromatic N) is 3. The first-order valence-electron chi connectivity index (χ1n) is 9.51. The molecule has 1 aromatic heterocycles. The van der Waals surface area contributed by atoms with Crippen molar-refractivity contribution < 1.29 is 4.79 Å². The van der Waals surface area contributed by atoms with E-state index in [9.17, 15) is 4.79 Å². The molecule has 3 rings (SSSR count). The molecular formula is C20H28N4OS. The van der Waals surface area contributed by atoms with Gasteiger partial charge in [0.2, 0.25) is 11.0 Å². The van der Waals surface area contributed by atoms with Crippen LogP contribution in [0.25, 0.3) is 0 Å². The van der Waals surface area contributed by atoms with Crippen LogP contribution in [0.3, 0.4) is 0 Å². The van der Waals surface area contributed by atoms with Gasteiger partial charge < -0.3 is 10.2 Å². The molecule has 1 fully saturated rings. The van der Waals surface area contributed by atoms with Gasteiger partial charge in [-0.1, -0.05) is 44.2 Å². The highest BCUT2D eigenvalue weighted by Crippen LogP contribution is 2.25. The second-order valence-corrected chi connectivity index (χ2v) is 8.12. The van der Waals surface area contributed by atoms with Crippen molar-refractivity contribution in [3.8, 4) is 0 Å². The first-order valence-corrected chi connectivity index (χ1v) is 10.3. The molecule has 1 N–H and O–H groups in total. The SMILES string of the molecule is CC(C)CCNC(=O)C1CCN(c2nc(Cc3ccccc3)ns2)CC1. The summed E-state index contributed by atoms with van der Waals surface area (Å²) in [7, 11) is 0. The Balaban J connectivity index is 1.47. The molecule has 0 spiro atoms. The number of amides is 1. The Morgan fingerprint density at radius 3 is 2.69 bits per heavy atom. The number of carbonyl (C=O) groups is 1. The van der Waals surface area contributed by atoms with Gasteiger partial charge in [0.05, 0.1) is 0 Å². The third-order valence-corrected chi connectivity index (χ3v) is 5.63. The summed E-state index contributed by atoms with van der Waals surface area (Å²) in [6.07, 6.45) is 3.59. The van der Waals surface area contributed by atoms with Crippen molar-refractivity contribution in [3.05, 3.63) is 41.7 Å². The first kappa shape index (κ1) is 18.8. The van der Waals surface area contributed by atoms with Gasteiger partial charge in [-0.05, 0) is 30.7 Å². The van der Waals surface area contributed by atoms with E-state index in [1.807, 2.05) is 18.2 Å². The van der Waals surface area contributed by atoms with Gasteiger partial charge in [-0.2, -0.15) is 4.37 Å². The summed E-state index contributed by atoms with van der Waals surface area (Å²) in [4.78, 5) is 19.2. The minimum absolute atomic E-state index is 0.134. The van der Waals surface area contributed by atoms with Crippen LogP contribution >= 0.6 is 11.5 Å². The van der Waals surface area contributed by atoms with Crippen molar-refractivity contribution in [3.63, 3.8) is 0 Å². The quantitative estimate of drug-likeness (QED) is 0.808. The number of hydrogen-bond acceptors (Lipinski definition) is 5. The Labute approximate surface area is 160 Å². The maximum absolute atomic E-state index is 12.3. The second-order valence-electron chi connectivity index (χ2n) is 7.39. The lowest BCUT2D eigenvalue weighted by Gasteiger charge is -2.30. The third-order valence-electron chi connectivity index (χ3n) is 4.82. The van der Waals surface area contributed by atoms with E-state index in [-0.39, 0.29) is 11.8 Å².